The molecule has 0 aliphatic carbocycles. The van der Waals surface area contributed by atoms with Gasteiger partial charge in [0.2, 0.25) is 0 Å². The van der Waals surface area contributed by atoms with E-state index in [1.807, 2.05) is 27.7 Å². The van der Waals surface area contributed by atoms with Gasteiger partial charge in [0.15, 0.2) is 0 Å². The maximum Gasteiger partial charge on any atom is 0.326 e. The zero-order valence-corrected chi connectivity index (χ0v) is 12.1. The van der Waals surface area contributed by atoms with Crippen molar-refractivity contribution >= 4 is 12.0 Å². The number of amides is 2. The van der Waals surface area contributed by atoms with Crippen LogP contribution in [0, 0.1) is 5.92 Å². The van der Waals surface area contributed by atoms with Crippen LogP contribution in [0.3, 0.4) is 0 Å². The summed E-state index contributed by atoms with van der Waals surface area (Å²) < 4.78 is 5.53. The van der Waals surface area contributed by atoms with Crippen LogP contribution in [0.2, 0.25) is 0 Å². The molecule has 0 unspecified atom stereocenters. The van der Waals surface area contributed by atoms with Gasteiger partial charge in [0.25, 0.3) is 0 Å². The van der Waals surface area contributed by atoms with Gasteiger partial charge in [-0.2, -0.15) is 0 Å². The Balaban J connectivity index is 2.64. The first-order valence-corrected chi connectivity index (χ1v) is 6.69. The molecule has 0 aromatic heterocycles. The number of morpholine rings is 1. The molecule has 1 fully saturated rings. The van der Waals surface area contributed by atoms with Gasteiger partial charge in [0, 0.05) is 6.54 Å². The minimum atomic E-state index is -0.991. The lowest BCUT2D eigenvalue weighted by molar-refractivity contribution is -0.140. The molecule has 6 nitrogen and oxygen atoms in total. The fraction of sp³-hybridized carbons (Fsp3) is 0.846. The van der Waals surface area contributed by atoms with Gasteiger partial charge in [-0.15, -0.1) is 0 Å². The van der Waals surface area contributed by atoms with Gasteiger partial charge in [-0.25, -0.2) is 9.59 Å². The molecule has 2 atom stereocenters. The Labute approximate surface area is 114 Å². The Kier molecular flexibility index (Phi) is 5.17. The topological polar surface area (TPSA) is 78.9 Å². The van der Waals surface area contributed by atoms with E-state index in [1.165, 1.54) is 0 Å². The fourth-order valence-electron chi connectivity index (χ4n) is 2.10. The first kappa shape index (κ1) is 15.8. The second-order valence-corrected chi connectivity index (χ2v) is 5.68. The molecule has 0 radical (unpaired) electrons. The summed E-state index contributed by atoms with van der Waals surface area (Å²) in [5, 5.41) is 11.8. The second kappa shape index (κ2) is 6.23. The molecule has 1 rings (SSSR count). The number of hydrogen-bond donors (Lipinski definition) is 2. The predicted octanol–water partition coefficient (Wildman–Crippen LogP) is 1.31. The smallest absolute Gasteiger partial charge is 0.326 e. The summed E-state index contributed by atoms with van der Waals surface area (Å²) in [6.07, 6.45) is 0.700. The molecule has 0 saturated carbocycles. The molecular weight excluding hydrogens is 248 g/mol. The lowest BCUT2D eigenvalue weighted by atomic mass is 9.99. The van der Waals surface area contributed by atoms with E-state index >= 15 is 0 Å². The molecule has 0 bridgehead atoms. The lowest BCUT2D eigenvalue weighted by Crippen LogP contribution is -2.57. The van der Waals surface area contributed by atoms with Gasteiger partial charge >= 0.3 is 12.0 Å². The summed E-state index contributed by atoms with van der Waals surface area (Å²) in [4.78, 5) is 24.9. The van der Waals surface area contributed by atoms with Crippen LogP contribution >= 0.6 is 0 Å². The molecule has 1 aliphatic rings. The Morgan fingerprint density at radius 1 is 1.47 bits per heavy atom. The van der Waals surface area contributed by atoms with E-state index in [-0.39, 0.29) is 17.6 Å². The Bertz CT molecular complexity index is 344. The molecular formula is C13H24N2O4. The molecule has 1 saturated heterocycles. The number of carbonyl (C=O) groups excluding carboxylic acids is 1. The van der Waals surface area contributed by atoms with Crippen molar-refractivity contribution in [3.05, 3.63) is 0 Å². The largest absolute Gasteiger partial charge is 0.480 e. The highest BCUT2D eigenvalue weighted by Crippen LogP contribution is 2.17. The normalized spacial score (nSPS) is 21.6. The van der Waals surface area contributed by atoms with E-state index in [0.717, 1.165) is 0 Å². The molecule has 2 N–H and O–H groups in total. The number of hydrogen-bond acceptors (Lipinski definition) is 3. The first-order valence-electron chi connectivity index (χ1n) is 6.69. The van der Waals surface area contributed by atoms with Crippen LogP contribution in [-0.4, -0.2) is 53.3 Å². The summed E-state index contributed by atoms with van der Waals surface area (Å²) in [7, 11) is 0. The Morgan fingerprint density at radius 2 is 2.11 bits per heavy atom. The average molecular weight is 272 g/mol. The number of carboxylic acids is 1. The quantitative estimate of drug-likeness (QED) is 0.808. The van der Waals surface area contributed by atoms with Crippen LogP contribution in [-0.2, 0) is 9.53 Å². The van der Waals surface area contributed by atoms with Crippen molar-refractivity contribution in [2.75, 3.05) is 19.7 Å². The third-order valence-electron chi connectivity index (χ3n) is 3.47. The van der Waals surface area contributed by atoms with Crippen LogP contribution in [0.1, 0.15) is 34.1 Å². The van der Waals surface area contributed by atoms with Crippen LogP contribution in [0.25, 0.3) is 0 Å². The molecule has 110 valence electrons. The number of rotatable bonds is 4. The summed E-state index contributed by atoms with van der Waals surface area (Å²) in [5.74, 6) is -1.09. The Morgan fingerprint density at radius 3 is 2.58 bits per heavy atom. The van der Waals surface area contributed by atoms with Gasteiger partial charge in [-0.1, -0.05) is 20.3 Å². The highest BCUT2D eigenvalue weighted by Gasteiger charge is 2.32. The van der Waals surface area contributed by atoms with Crippen LogP contribution < -0.4 is 5.32 Å². The van der Waals surface area contributed by atoms with E-state index in [0.29, 0.717) is 26.1 Å². The van der Waals surface area contributed by atoms with Crippen LogP contribution in [0.15, 0.2) is 0 Å². The van der Waals surface area contributed by atoms with Crippen molar-refractivity contribution in [1.29, 1.82) is 0 Å². The Hall–Kier alpha value is -1.30. The highest BCUT2D eigenvalue weighted by atomic mass is 16.5. The van der Waals surface area contributed by atoms with E-state index in [1.54, 1.807) is 4.90 Å². The molecule has 0 spiro atoms. The zero-order valence-electron chi connectivity index (χ0n) is 12.1. The molecule has 19 heavy (non-hydrogen) atoms. The van der Waals surface area contributed by atoms with Gasteiger partial charge in [-0.05, 0) is 19.8 Å². The number of ether oxygens (including phenoxy) is 1. The van der Waals surface area contributed by atoms with Crippen molar-refractivity contribution in [2.45, 2.75) is 45.8 Å². The maximum absolute atomic E-state index is 12.1. The van der Waals surface area contributed by atoms with Crippen molar-refractivity contribution in [1.82, 2.24) is 10.2 Å². The van der Waals surface area contributed by atoms with E-state index in [9.17, 15) is 9.59 Å². The first-order chi connectivity index (χ1) is 8.76. The number of aliphatic carboxylic acids is 1. The molecule has 1 aliphatic heterocycles. The minimum absolute atomic E-state index is 0.101. The standard InChI is InChI=1S/C13H24N2O4/c1-5-9(2)10(11(16)17)14-12(18)15-6-7-19-13(3,4)8-15/h9-10H,5-8H2,1-4H3,(H,14,18)(H,16,17)/t9-,10-/m0/s1. The van der Waals surface area contributed by atoms with E-state index < -0.39 is 12.0 Å². The monoisotopic (exact) mass is 272 g/mol. The predicted molar refractivity (Wildman–Crippen MR) is 71.0 cm³/mol. The molecule has 0 aromatic carbocycles. The second-order valence-electron chi connectivity index (χ2n) is 5.68. The molecule has 0 aromatic rings. The van der Waals surface area contributed by atoms with Crippen molar-refractivity contribution in [2.24, 2.45) is 5.92 Å². The van der Waals surface area contributed by atoms with Gasteiger partial charge in [0.1, 0.15) is 6.04 Å². The maximum atomic E-state index is 12.1. The number of carboxylic acid groups (broad SMARTS) is 1. The number of carbonyl (C=O) groups is 2. The number of nitrogens with one attached hydrogen (secondary N) is 1. The number of nitrogens with zero attached hydrogens (tertiary/aromatic N) is 1. The summed E-state index contributed by atoms with van der Waals surface area (Å²) in [6, 6.07) is -1.17. The summed E-state index contributed by atoms with van der Waals surface area (Å²) in [5.41, 5.74) is -0.384. The van der Waals surface area contributed by atoms with Gasteiger partial charge < -0.3 is 20.1 Å². The summed E-state index contributed by atoms with van der Waals surface area (Å²) in [6.45, 7) is 8.98. The zero-order chi connectivity index (χ0) is 14.6. The average Bonchev–Trinajstić information content (AvgIpc) is 2.33. The van der Waals surface area contributed by atoms with Crippen molar-refractivity contribution in [3.8, 4) is 0 Å². The molecule has 6 heteroatoms. The third kappa shape index (κ3) is 4.38. The summed E-state index contributed by atoms with van der Waals surface area (Å²) >= 11 is 0. The van der Waals surface area contributed by atoms with E-state index in [4.69, 9.17) is 9.84 Å². The fourth-order valence-corrected chi connectivity index (χ4v) is 2.10. The van der Waals surface area contributed by atoms with Gasteiger partial charge in [0.05, 0.1) is 18.8 Å². The van der Waals surface area contributed by atoms with Crippen molar-refractivity contribution in [3.63, 3.8) is 0 Å². The molecule has 1 heterocycles. The third-order valence-corrected chi connectivity index (χ3v) is 3.47. The lowest BCUT2D eigenvalue weighted by Gasteiger charge is -2.38. The highest BCUT2D eigenvalue weighted by molar-refractivity contribution is 5.82. The number of urea groups is 1. The van der Waals surface area contributed by atoms with E-state index in [2.05, 4.69) is 5.32 Å². The van der Waals surface area contributed by atoms with Crippen molar-refractivity contribution < 1.29 is 19.4 Å². The molecule has 2 amide bonds. The van der Waals surface area contributed by atoms with Gasteiger partial charge in [-0.3, -0.25) is 0 Å². The van der Waals surface area contributed by atoms with Crippen LogP contribution in [0.5, 0.6) is 0 Å². The minimum Gasteiger partial charge on any atom is -0.480 e. The SMILES string of the molecule is CC[C@H](C)[C@H](NC(=O)N1CCOC(C)(C)C1)C(=O)O. The van der Waals surface area contributed by atoms with Crippen LogP contribution in [0.4, 0.5) is 4.79 Å².